The molecule has 1 amide bonds. The standard InChI is InChI=1S/C6H12N2O4/c1-3(9)5(6(11)12)8-4(10)2-7/h3,5,9H,2,7H2,1H3,(H,8,10)(H,11,12)/t3-,5+/m0/s1. The Morgan fingerprint density at radius 1 is 1.67 bits per heavy atom. The van der Waals surface area contributed by atoms with Crippen molar-refractivity contribution in [3.63, 3.8) is 0 Å². The first-order valence-electron chi connectivity index (χ1n) is 3.46. The lowest BCUT2D eigenvalue weighted by Crippen LogP contribution is -2.62. The van der Waals surface area contributed by atoms with E-state index in [1.165, 1.54) is 6.92 Å². The lowest BCUT2D eigenvalue weighted by Gasteiger charge is -2.21. The Bertz CT molecular complexity index is 180. The molecule has 0 spiro atoms. The third-order valence-electron chi connectivity index (χ3n) is 1.28. The highest BCUT2D eigenvalue weighted by atomic mass is 16.4. The molecule has 0 aromatic carbocycles. The maximum absolute atomic E-state index is 10.7. The van der Waals surface area contributed by atoms with Gasteiger partial charge in [-0.25, -0.2) is 0 Å². The normalized spacial score (nSPS) is 14.9. The highest BCUT2D eigenvalue weighted by Gasteiger charge is 2.18. The van der Waals surface area contributed by atoms with Gasteiger partial charge in [0.1, 0.15) is 0 Å². The molecule has 0 bridgehead atoms. The molecule has 0 aliphatic rings. The summed E-state index contributed by atoms with van der Waals surface area (Å²) in [6, 6.07) is -1.36. The van der Waals surface area contributed by atoms with Gasteiger partial charge in [-0.1, -0.05) is 0 Å². The average Bonchev–Trinajstić information content (AvgIpc) is 1.98. The summed E-state index contributed by atoms with van der Waals surface area (Å²) in [6.45, 7) is 1.18. The number of nitrogens with one attached hydrogen (secondary N) is 1. The Balaban J connectivity index is 4.14. The number of carbonyl (C=O) groups excluding carboxylic acids is 2. The van der Waals surface area contributed by atoms with Gasteiger partial charge in [0.15, 0.2) is 6.54 Å². The monoisotopic (exact) mass is 176 g/mol. The third-order valence-corrected chi connectivity index (χ3v) is 1.28. The van der Waals surface area contributed by atoms with E-state index in [1.807, 2.05) is 0 Å². The number of carbonyl (C=O) groups is 2. The van der Waals surface area contributed by atoms with Crippen LogP contribution in [0, 0.1) is 0 Å². The molecule has 0 aliphatic carbocycles. The number of hydrogen-bond acceptors (Lipinski definition) is 4. The van der Waals surface area contributed by atoms with Crippen LogP contribution in [0.25, 0.3) is 0 Å². The fourth-order valence-corrected chi connectivity index (χ4v) is 0.622. The fraction of sp³-hybridized carbons (Fsp3) is 0.667. The second kappa shape index (κ2) is 4.68. The van der Waals surface area contributed by atoms with Crippen molar-refractivity contribution in [3.05, 3.63) is 0 Å². The number of quaternary nitrogens is 1. The molecule has 0 aromatic heterocycles. The Hall–Kier alpha value is -1.14. The molecule has 0 fully saturated rings. The van der Waals surface area contributed by atoms with Crippen LogP contribution < -0.4 is 16.2 Å². The number of carboxylic acids is 1. The van der Waals surface area contributed by atoms with Gasteiger partial charge in [-0.05, 0) is 6.92 Å². The first kappa shape index (κ1) is 10.9. The summed E-state index contributed by atoms with van der Waals surface area (Å²) in [6.07, 6.45) is -1.18. The van der Waals surface area contributed by atoms with Crippen molar-refractivity contribution in [1.29, 1.82) is 0 Å². The molecule has 0 rings (SSSR count). The van der Waals surface area contributed by atoms with Crippen LogP contribution in [0.15, 0.2) is 0 Å². The van der Waals surface area contributed by atoms with Gasteiger partial charge >= 0.3 is 0 Å². The summed E-state index contributed by atoms with van der Waals surface area (Å²) in [5.41, 5.74) is 3.25. The predicted molar refractivity (Wildman–Crippen MR) is 36.4 cm³/mol. The molecule has 70 valence electrons. The quantitative estimate of drug-likeness (QED) is 0.403. The van der Waals surface area contributed by atoms with Crippen LogP contribution in [0.4, 0.5) is 0 Å². The van der Waals surface area contributed by atoms with E-state index in [2.05, 4.69) is 11.1 Å². The summed E-state index contributed by atoms with van der Waals surface area (Å²) in [5, 5.41) is 21.2. The van der Waals surface area contributed by atoms with Crippen LogP contribution in [0.1, 0.15) is 6.92 Å². The van der Waals surface area contributed by atoms with E-state index in [1.54, 1.807) is 0 Å². The summed E-state index contributed by atoms with van der Waals surface area (Å²) in [7, 11) is 0. The van der Waals surface area contributed by atoms with Gasteiger partial charge in [0.05, 0.1) is 18.1 Å². The Kier molecular flexibility index (Phi) is 4.24. The van der Waals surface area contributed by atoms with Gasteiger partial charge in [0.25, 0.3) is 5.91 Å². The van der Waals surface area contributed by atoms with Crippen molar-refractivity contribution in [2.24, 2.45) is 0 Å². The molecular formula is C6H12N2O4. The molecule has 6 heteroatoms. The molecule has 0 radical (unpaired) electrons. The van der Waals surface area contributed by atoms with Crippen molar-refractivity contribution >= 4 is 11.9 Å². The number of carboxylic acid groups (broad SMARTS) is 1. The number of aliphatic carboxylic acids is 1. The smallest absolute Gasteiger partial charge is 0.275 e. The van der Waals surface area contributed by atoms with Gasteiger partial charge < -0.3 is 26.1 Å². The molecule has 0 unspecified atom stereocenters. The van der Waals surface area contributed by atoms with Crippen LogP contribution in [-0.2, 0) is 9.59 Å². The van der Waals surface area contributed by atoms with E-state index in [4.69, 9.17) is 5.11 Å². The Labute approximate surface area is 69.4 Å². The SMILES string of the molecule is C[C@H](O)[C@@H](NC(=O)C[NH3+])C(=O)[O-]. The van der Waals surface area contributed by atoms with Crippen LogP contribution in [0.2, 0.25) is 0 Å². The summed E-state index contributed by atoms with van der Waals surface area (Å²) in [5.74, 6) is -2.04. The maximum atomic E-state index is 10.7. The molecule has 0 aliphatic heterocycles. The molecule has 0 heterocycles. The van der Waals surface area contributed by atoms with Crippen molar-refractivity contribution < 1.29 is 25.5 Å². The zero-order valence-corrected chi connectivity index (χ0v) is 6.74. The predicted octanol–water partition coefficient (Wildman–Crippen LogP) is -4.16. The largest absolute Gasteiger partial charge is 0.548 e. The molecule has 0 aromatic rings. The Morgan fingerprint density at radius 3 is 2.42 bits per heavy atom. The van der Waals surface area contributed by atoms with E-state index in [9.17, 15) is 14.7 Å². The number of hydrogen-bond donors (Lipinski definition) is 3. The second-order valence-corrected chi connectivity index (χ2v) is 2.35. The molecule has 5 N–H and O–H groups in total. The van der Waals surface area contributed by atoms with E-state index in [0.29, 0.717) is 0 Å². The van der Waals surface area contributed by atoms with Gasteiger partial charge in [-0.3, -0.25) is 4.79 Å². The highest BCUT2D eigenvalue weighted by molar-refractivity contribution is 5.83. The van der Waals surface area contributed by atoms with E-state index < -0.39 is 24.0 Å². The molecular weight excluding hydrogens is 164 g/mol. The zero-order chi connectivity index (χ0) is 9.72. The van der Waals surface area contributed by atoms with Crippen LogP contribution in [0.3, 0.4) is 0 Å². The maximum Gasteiger partial charge on any atom is 0.275 e. The summed E-state index contributed by atoms with van der Waals surface area (Å²) in [4.78, 5) is 20.9. The molecule has 12 heavy (non-hydrogen) atoms. The van der Waals surface area contributed by atoms with Gasteiger partial charge in [-0.15, -0.1) is 0 Å². The van der Waals surface area contributed by atoms with E-state index >= 15 is 0 Å². The molecule has 0 saturated heterocycles. The molecule has 6 nitrogen and oxygen atoms in total. The first-order chi connectivity index (χ1) is 5.49. The fourth-order valence-electron chi connectivity index (χ4n) is 0.622. The molecule has 2 atom stereocenters. The highest BCUT2D eigenvalue weighted by Crippen LogP contribution is 1.89. The van der Waals surface area contributed by atoms with Crippen LogP contribution >= 0.6 is 0 Å². The molecule has 0 saturated carbocycles. The minimum atomic E-state index is -1.51. The van der Waals surface area contributed by atoms with Crippen LogP contribution in [-0.4, -0.2) is 35.7 Å². The van der Waals surface area contributed by atoms with E-state index in [0.717, 1.165) is 0 Å². The number of aliphatic hydroxyl groups is 1. The average molecular weight is 176 g/mol. The van der Waals surface area contributed by atoms with Crippen molar-refractivity contribution in [3.8, 4) is 0 Å². The number of aliphatic hydroxyl groups excluding tert-OH is 1. The minimum Gasteiger partial charge on any atom is -0.548 e. The minimum absolute atomic E-state index is 0.0729. The van der Waals surface area contributed by atoms with Crippen LogP contribution in [0.5, 0.6) is 0 Å². The van der Waals surface area contributed by atoms with Gasteiger partial charge in [-0.2, -0.15) is 0 Å². The topological polar surface area (TPSA) is 117 Å². The number of rotatable bonds is 4. The zero-order valence-electron chi connectivity index (χ0n) is 6.74. The Morgan fingerprint density at radius 2 is 2.17 bits per heavy atom. The van der Waals surface area contributed by atoms with Crippen molar-refractivity contribution in [2.75, 3.05) is 6.54 Å². The lowest BCUT2D eigenvalue weighted by molar-refractivity contribution is -0.355. The van der Waals surface area contributed by atoms with Gasteiger partial charge in [0, 0.05) is 0 Å². The first-order valence-corrected chi connectivity index (χ1v) is 3.46. The summed E-state index contributed by atoms with van der Waals surface area (Å²) >= 11 is 0. The lowest BCUT2D eigenvalue weighted by atomic mass is 10.2. The number of amides is 1. The third kappa shape index (κ3) is 3.31. The van der Waals surface area contributed by atoms with Gasteiger partial charge in [0.2, 0.25) is 0 Å². The second-order valence-electron chi connectivity index (χ2n) is 2.35. The van der Waals surface area contributed by atoms with Crippen molar-refractivity contribution in [1.82, 2.24) is 5.32 Å². The van der Waals surface area contributed by atoms with Crippen molar-refractivity contribution in [2.45, 2.75) is 19.1 Å². The summed E-state index contributed by atoms with van der Waals surface area (Å²) < 4.78 is 0. The van der Waals surface area contributed by atoms with E-state index in [-0.39, 0.29) is 6.54 Å².